The predicted octanol–water partition coefficient (Wildman–Crippen LogP) is 1.48. The SMILES string of the molecule is Cc1cc(S(N)(=O)=O)cc(C(=O)NCC2CCC2)c1C. The average Bonchev–Trinajstić information content (AvgIpc) is 2.28. The monoisotopic (exact) mass is 296 g/mol. The summed E-state index contributed by atoms with van der Waals surface area (Å²) in [4.78, 5) is 12.2. The highest BCUT2D eigenvalue weighted by molar-refractivity contribution is 7.89. The van der Waals surface area contributed by atoms with Gasteiger partial charge in [0.15, 0.2) is 0 Å². The molecule has 0 spiro atoms. The number of aryl methyl sites for hydroxylation is 1. The molecule has 1 amide bonds. The van der Waals surface area contributed by atoms with Crippen LogP contribution in [0.5, 0.6) is 0 Å². The van der Waals surface area contributed by atoms with Crippen LogP contribution in [0.15, 0.2) is 17.0 Å². The number of hydrogen-bond acceptors (Lipinski definition) is 3. The van der Waals surface area contributed by atoms with E-state index in [2.05, 4.69) is 5.32 Å². The fourth-order valence-electron chi connectivity index (χ4n) is 2.26. The van der Waals surface area contributed by atoms with Crippen molar-refractivity contribution in [2.45, 2.75) is 38.0 Å². The third kappa shape index (κ3) is 3.19. The molecule has 0 aromatic heterocycles. The number of rotatable bonds is 4. The molecule has 1 fully saturated rings. The van der Waals surface area contributed by atoms with E-state index in [4.69, 9.17) is 5.14 Å². The van der Waals surface area contributed by atoms with Crippen LogP contribution < -0.4 is 10.5 Å². The van der Waals surface area contributed by atoms with Crippen LogP contribution in [0, 0.1) is 19.8 Å². The smallest absolute Gasteiger partial charge is 0.251 e. The van der Waals surface area contributed by atoms with Gasteiger partial charge in [0.1, 0.15) is 0 Å². The third-order valence-corrected chi connectivity index (χ3v) is 4.88. The highest BCUT2D eigenvalue weighted by Gasteiger charge is 2.20. The third-order valence-electron chi connectivity index (χ3n) is 3.99. The molecule has 1 aliphatic carbocycles. The van der Waals surface area contributed by atoms with E-state index in [1.165, 1.54) is 18.6 Å². The van der Waals surface area contributed by atoms with Crippen molar-refractivity contribution in [3.05, 3.63) is 28.8 Å². The highest BCUT2D eigenvalue weighted by Crippen LogP contribution is 2.25. The van der Waals surface area contributed by atoms with Gasteiger partial charge in [0, 0.05) is 12.1 Å². The summed E-state index contributed by atoms with van der Waals surface area (Å²) in [6.07, 6.45) is 3.52. The van der Waals surface area contributed by atoms with Gasteiger partial charge in [0.2, 0.25) is 10.0 Å². The molecular formula is C14H20N2O3S. The van der Waals surface area contributed by atoms with Crippen LogP contribution in [0.3, 0.4) is 0 Å². The van der Waals surface area contributed by atoms with Crippen molar-refractivity contribution in [1.29, 1.82) is 0 Å². The molecule has 1 aliphatic rings. The normalized spacial score (nSPS) is 15.8. The second kappa shape index (κ2) is 5.54. The Morgan fingerprint density at radius 3 is 2.50 bits per heavy atom. The van der Waals surface area contributed by atoms with E-state index in [9.17, 15) is 13.2 Å². The van der Waals surface area contributed by atoms with Gasteiger partial charge in [-0.25, -0.2) is 13.6 Å². The second-order valence-corrected chi connectivity index (χ2v) is 7.03. The first-order valence-electron chi connectivity index (χ1n) is 6.71. The fraction of sp³-hybridized carbons (Fsp3) is 0.500. The molecule has 5 nitrogen and oxygen atoms in total. The van der Waals surface area contributed by atoms with E-state index in [0.717, 1.165) is 24.0 Å². The Morgan fingerprint density at radius 2 is 2.00 bits per heavy atom. The van der Waals surface area contributed by atoms with E-state index in [1.807, 2.05) is 0 Å². The summed E-state index contributed by atoms with van der Waals surface area (Å²) in [5.41, 5.74) is 1.90. The van der Waals surface area contributed by atoms with Gasteiger partial charge < -0.3 is 5.32 Å². The Bertz CT molecular complexity index is 634. The molecule has 20 heavy (non-hydrogen) atoms. The van der Waals surface area contributed by atoms with E-state index < -0.39 is 10.0 Å². The Kier molecular flexibility index (Phi) is 4.15. The number of nitrogens with one attached hydrogen (secondary N) is 1. The van der Waals surface area contributed by atoms with Crippen molar-refractivity contribution in [3.63, 3.8) is 0 Å². The van der Waals surface area contributed by atoms with Crippen LogP contribution >= 0.6 is 0 Å². The number of primary sulfonamides is 1. The number of carbonyl (C=O) groups excluding carboxylic acids is 1. The molecule has 0 unspecified atom stereocenters. The molecule has 6 heteroatoms. The molecule has 2 rings (SSSR count). The summed E-state index contributed by atoms with van der Waals surface area (Å²) in [7, 11) is -3.80. The van der Waals surface area contributed by atoms with Crippen LogP contribution in [0.25, 0.3) is 0 Å². The Hall–Kier alpha value is -1.40. The molecule has 110 valence electrons. The topological polar surface area (TPSA) is 89.3 Å². The van der Waals surface area contributed by atoms with Crippen LogP contribution in [-0.4, -0.2) is 20.9 Å². The van der Waals surface area contributed by atoms with E-state index >= 15 is 0 Å². The molecule has 3 N–H and O–H groups in total. The Morgan fingerprint density at radius 1 is 1.35 bits per heavy atom. The van der Waals surface area contributed by atoms with Gasteiger partial charge in [-0.15, -0.1) is 0 Å². The van der Waals surface area contributed by atoms with Crippen molar-refractivity contribution < 1.29 is 13.2 Å². The Labute approximate surface area is 119 Å². The van der Waals surface area contributed by atoms with Crippen LogP contribution in [0.1, 0.15) is 40.7 Å². The zero-order valence-corrected chi connectivity index (χ0v) is 12.6. The summed E-state index contributed by atoms with van der Waals surface area (Å²) >= 11 is 0. The van der Waals surface area contributed by atoms with Gasteiger partial charge in [0.25, 0.3) is 5.91 Å². The lowest BCUT2D eigenvalue weighted by Crippen LogP contribution is -2.32. The number of amides is 1. The first kappa shape index (κ1) is 15.0. The minimum absolute atomic E-state index is 0.0191. The van der Waals surface area contributed by atoms with Gasteiger partial charge in [0.05, 0.1) is 4.90 Å². The number of hydrogen-bond donors (Lipinski definition) is 2. The van der Waals surface area contributed by atoms with Crippen molar-refractivity contribution in [1.82, 2.24) is 5.32 Å². The molecule has 0 bridgehead atoms. The summed E-state index contributed by atoms with van der Waals surface area (Å²) in [6, 6.07) is 2.85. The maximum atomic E-state index is 12.2. The van der Waals surface area contributed by atoms with Gasteiger partial charge in [-0.05, 0) is 55.9 Å². The second-order valence-electron chi connectivity index (χ2n) is 5.46. The first-order valence-corrected chi connectivity index (χ1v) is 8.26. The summed E-state index contributed by atoms with van der Waals surface area (Å²) in [6.45, 7) is 4.23. The lowest BCUT2D eigenvalue weighted by atomic mass is 9.85. The van der Waals surface area contributed by atoms with Crippen LogP contribution in [-0.2, 0) is 10.0 Å². The Balaban J connectivity index is 2.24. The van der Waals surface area contributed by atoms with Crippen molar-refractivity contribution >= 4 is 15.9 Å². The maximum Gasteiger partial charge on any atom is 0.251 e. The maximum absolute atomic E-state index is 12.2. The predicted molar refractivity (Wildman–Crippen MR) is 77.0 cm³/mol. The van der Waals surface area contributed by atoms with Gasteiger partial charge in [-0.1, -0.05) is 6.42 Å². The quantitative estimate of drug-likeness (QED) is 0.882. The number of nitrogens with two attached hydrogens (primary N) is 1. The molecule has 0 aliphatic heterocycles. The molecule has 0 radical (unpaired) electrons. The fourth-order valence-corrected chi connectivity index (χ4v) is 2.88. The van der Waals surface area contributed by atoms with Crippen molar-refractivity contribution in [2.75, 3.05) is 6.54 Å². The zero-order chi connectivity index (χ0) is 14.9. The average molecular weight is 296 g/mol. The highest BCUT2D eigenvalue weighted by atomic mass is 32.2. The van der Waals surface area contributed by atoms with E-state index in [0.29, 0.717) is 18.0 Å². The van der Waals surface area contributed by atoms with E-state index in [-0.39, 0.29) is 10.8 Å². The molecule has 0 atom stereocenters. The summed E-state index contributed by atoms with van der Waals surface area (Å²) < 4.78 is 22.9. The summed E-state index contributed by atoms with van der Waals surface area (Å²) in [5.74, 6) is 0.324. The molecule has 1 saturated carbocycles. The largest absolute Gasteiger partial charge is 0.352 e. The lowest BCUT2D eigenvalue weighted by molar-refractivity contribution is 0.0938. The lowest BCUT2D eigenvalue weighted by Gasteiger charge is -2.25. The molecule has 0 saturated heterocycles. The first-order chi connectivity index (χ1) is 9.29. The molecule has 1 aromatic carbocycles. The van der Waals surface area contributed by atoms with Gasteiger partial charge >= 0.3 is 0 Å². The van der Waals surface area contributed by atoms with E-state index in [1.54, 1.807) is 13.8 Å². The molecule has 0 heterocycles. The number of benzene rings is 1. The zero-order valence-electron chi connectivity index (χ0n) is 11.8. The van der Waals surface area contributed by atoms with Crippen molar-refractivity contribution in [3.8, 4) is 0 Å². The molecular weight excluding hydrogens is 276 g/mol. The van der Waals surface area contributed by atoms with Crippen LogP contribution in [0.2, 0.25) is 0 Å². The number of carbonyl (C=O) groups is 1. The standard InChI is InChI=1S/C14H20N2O3S/c1-9-6-12(20(15,18)19)7-13(10(9)2)14(17)16-8-11-4-3-5-11/h6-7,11H,3-5,8H2,1-2H3,(H,16,17)(H2,15,18,19). The summed E-state index contributed by atoms with van der Waals surface area (Å²) in [5, 5.41) is 8.01. The minimum atomic E-state index is -3.80. The van der Waals surface area contributed by atoms with Gasteiger partial charge in [-0.2, -0.15) is 0 Å². The van der Waals surface area contributed by atoms with Gasteiger partial charge in [-0.3, -0.25) is 4.79 Å². The van der Waals surface area contributed by atoms with Crippen molar-refractivity contribution in [2.24, 2.45) is 11.1 Å². The number of sulfonamides is 1. The molecule has 1 aromatic rings. The van der Waals surface area contributed by atoms with Crippen LogP contribution in [0.4, 0.5) is 0 Å². The minimum Gasteiger partial charge on any atom is -0.352 e.